The molecule has 1 atom stereocenters. The van der Waals surface area contributed by atoms with Crippen LogP contribution in [0.25, 0.3) is 0 Å². The Balaban J connectivity index is 2.40. The molecule has 1 aromatic rings. The smallest absolute Gasteiger partial charge is 0.250 e. The van der Waals surface area contributed by atoms with Gasteiger partial charge in [0.25, 0.3) is 0 Å². The molecule has 3 N–H and O–H groups in total. The lowest BCUT2D eigenvalue weighted by Crippen LogP contribution is -2.21. The van der Waals surface area contributed by atoms with Crippen molar-refractivity contribution < 1.29 is 9.53 Å². The highest BCUT2D eigenvalue weighted by Crippen LogP contribution is 2.11. The second-order valence-corrected chi connectivity index (χ2v) is 3.70. The number of amides is 1. The maximum Gasteiger partial charge on any atom is 0.250 e. The summed E-state index contributed by atoms with van der Waals surface area (Å²) in [6.45, 7) is 4.03. The lowest BCUT2D eigenvalue weighted by atomic mass is 10.3. The molecule has 0 fully saturated rings. The van der Waals surface area contributed by atoms with Crippen LogP contribution in [0.1, 0.15) is 20.3 Å². The fraction of sp³-hybridized carbons (Fsp3) is 0.417. The van der Waals surface area contributed by atoms with Crippen molar-refractivity contribution in [2.24, 2.45) is 0 Å². The topological polar surface area (TPSA) is 64.3 Å². The number of nitrogens with two attached hydrogens (primary N) is 1. The second kappa shape index (κ2) is 6.12. The highest BCUT2D eigenvalue weighted by molar-refractivity contribution is 5.92. The number of anilines is 2. The van der Waals surface area contributed by atoms with Crippen molar-refractivity contribution in [3.63, 3.8) is 0 Å². The number of nitrogen functional groups attached to an aromatic ring is 1. The average Bonchev–Trinajstić information content (AvgIpc) is 2.26. The highest BCUT2D eigenvalue weighted by Gasteiger charge is 2.05. The van der Waals surface area contributed by atoms with Crippen LogP contribution in [-0.4, -0.2) is 18.6 Å². The van der Waals surface area contributed by atoms with Gasteiger partial charge in [0, 0.05) is 11.4 Å². The van der Waals surface area contributed by atoms with Crippen LogP contribution in [0.15, 0.2) is 24.3 Å². The maximum atomic E-state index is 11.5. The van der Waals surface area contributed by atoms with E-state index in [2.05, 4.69) is 5.32 Å². The lowest BCUT2D eigenvalue weighted by Gasteiger charge is -2.10. The summed E-state index contributed by atoms with van der Waals surface area (Å²) in [6, 6.07) is 7.06. The van der Waals surface area contributed by atoms with Crippen molar-refractivity contribution >= 4 is 17.3 Å². The summed E-state index contributed by atoms with van der Waals surface area (Å²) in [4.78, 5) is 11.5. The predicted octanol–water partition coefficient (Wildman–Crippen LogP) is 2.02. The lowest BCUT2D eigenvalue weighted by molar-refractivity contribution is -0.122. The number of nitrogens with one attached hydrogen (secondary N) is 1. The molecule has 1 unspecified atom stereocenters. The van der Waals surface area contributed by atoms with Crippen LogP contribution in [0.4, 0.5) is 11.4 Å². The third-order valence-corrected chi connectivity index (χ3v) is 2.24. The molecule has 0 aromatic heterocycles. The van der Waals surface area contributed by atoms with Gasteiger partial charge in [0.15, 0.2) is 0 Å². The molecule has 16 heavy (non-hydrogen) atoms. The van der Waals surface area contributed by atoms with Crippen LogP contribution in [0.3, 0.4) is 0 Å². The molecule has 1 amide bonds. The van der Waals surface area contributed by atoms with Gasteiger partial charge in [-0.05, 0) is 31.5 Å². The Morgan fingerprint density at radius 3 is 2.94 bits per heavy atom. The van der Waals surface area contributed by atoms with Crippen LogP contribution in [0, 0.1) is 0 Å². The standard InChI is InChI=1S/C12H18N2O2/c1-3-9(2)16-8-12(15)14-11-6-4-5-10(13)7-11/h4-7,9H,3,8,13H2,1-2H3,(H,14,15). The minimum absolute atomic E-state index is 0.0732. The third-order valence-electron chi connectivity index (χ3n) is 2.24. The van der Waals surface area contributed by atoms with Gasteiger partial charge in [0.1, 0.15) is 6.61 Å². The van der Waals surface area contributed by atoms with Crippen molar-refractivity contribution in [2.45, 2.75) is 26.4 Å². The summed E-state index contributed by atoms with van der Waals surface area (Å²) in [5.74, 6) is -0.161. The first kappa shape index (κ1) is 12.5. The van der Waals surface area contributed by atoms with Gasteiger partial charge in [-0.3, -0.25) is 4.79 Å². The molecule has 0 heterocycles. The van der Waals surface area contributed by atoms with Crippen LogP contribution in [-0.2, 0) is 9.53 Å². The van der Waals surface area contributed by atoms with E-state index in [9.17, 15) is 4.79 Å². The molecule has 0 aliphatic heterocycles. The van der Waals surface area contributed by atoms with Gasteiger partial charge in [-0.25, -0.2) is 0 Å². The van der Waals surface area contributed by atoms with Crippen molar-refractivity contribution in [3.8, 4) is 0 Å². The van der Waals surface area contributed by atoms with E-state index in [4.69, 9.17) is 10.5 Å². The fourth-order valence-corrected chi connectivity index (χ4v) is 1.15. The van der Waals surface area contributed by atoms with Crippen LogP contribution in [0.2, 0.25) is 0 Å². The quantitative estimate of drug-likeness (QED) is 0.749. The minimum Gasteiger partial charge on any atom is -0.399 e. The van der Waals surface area contributed by atoms with E-state index in [1.807, 2.05) is 13.8 Å². The highest BCUT2D eigenvalue weighted by atomic mass is 16.5. The minimum atomic E-state index is -0.161. The Bertz CT molecular complexity index is 353. The van der Waals surface area contributed by atoms with E-state index in [1.165, 1.54) is 0 Å². The van der Waals surface area contributed by atoms with Gasteiger partial charge in [-0.2, -0.15) is 0 Å². The number of hydrogen-bond donors (Lipinski definition) is 2. The number of hydrogen-bond acceptors (Lipinski definition) is 3. The number of carbonyl (C=O) groups excluding carboxylic acids is 1. The van der Waals surface area contributed by atoms with Gasteiger partial charge in [-0.15, -0.1) is 0 Å². The first-order valence-electron chi connectivity index (χ1n) is 5.38. The van der Waals surface area contributed by atoms with Crippen LogP contribution in [0.5, 0.6) is 0 Å². The second-order valence-electron chi connectivity index (χ2n) is 3.70. The molecular formula is C12H18N2O2. The van der Waals surface area contributed by atoms with Crippen molar-refractivity contribution in [1.82, 2.24) is 0 Å². The molecule has 1 rings (SSSR count). The van der Waals surface area contributed by atoms with Crippen molar-refractivity contribution in [2.75, 3.05) is 17.7 Å². The predicted molar refractivity (Wildman–Crippen MR) is 65.2 cm³/mol. The molecule has 0 radical (unpaired) electrons. The zero-order valence-electron chi connectivity index (χ0n) is 9.69. The zero-order chi connectivity index (χ0) is 12.0. The zero-order valence-corrected chi connectivity index (χ0v) is 9.69. The SMILES string of the molecule is CCC(C)OCC(=O)Nc1cccc(N)c1. The Kier molecular flexibility index (Phi) is 4.79. The average molecular weight is 222 g/mol. The Labute approximate surface area is 95.8 Å². The van der Waals surface area contributed by atoms with E-state index < -0.39 is 0 Å². The van der Waals surface area contributed by atoms with E-state index in [0.29, 0.717) is 11.4 Å². The normalized spacial score (nSPS) is 12.1. The van der Waals surface area contributed by atoms with E-state index in [1.54, 1.807) is 24.3 Å². The number of carbonyl (C=O) groups is 1. The summed E-state index contributed by atoms with van der Waals surface area (Å²) >= 11 is 0. The largest absolute Gasteiger partial charge is 0.399 e. The number of rotatable bonds is 5. The van der Waals surface area contributed by atoms with E-state index in [-0.39, 0.29) is 18.6 Å². The summed E-state index contributed by atoms with van der Waals surface area (Å²) in [5, 5.41) is 2.72. The molecule has 0 bridgehead atoms. The number of benzene rings is 1. The van der Waals surface area contributed by atoms with Gasteiger partial charge in [0.2, 0.25) is 5.91 Å². The first-order valence-corrected chi connectivity index (χ1v) is 5.38. The molecule has 0 aliphatic rings. The summed E-state index contributed by atoms with van der Waals surface area (Å²) in [5.41, 5.74) is 6.91. The molecule has 1 aromatic carbocycles. The van der Waals surface area contributed by atoms with Crippen molar-refractivity contribution in [1.29, 1.82) is 0 Å². The molecule has 4 heteroatoms. The Morgan fingerprint density at radius 2 is 2.31 bits per heavy atom. The fourth-order valence-electron chi connectivity index (χ4n) is 1.15. The summed E-state index contributed by atoms with van der Waals surface area (Å²) in [7, 11) is 0. The Hall–Kier alpha value is -1.55. The van der Waals surface area contributed by atoms with Crippen LogP contribution >= 0.6 is 0 Å². The maximum absolute atomic E-state index is 11.5. The summed E-state index contributed by atoms with van der Waals surface area (Å²) in [6.07, 6.45) is 0.998. The van der Waals surface area contributed by atoms with Gasteiger partial charge in [0.05, 0.1) is 6.10 Å². The molecule has 4 nitrogen and oxygen atoms in total. The summed E-state index contributed by atoms with van der Waals surface area (Å²) < 4.78 is 5.31. The van der Waals surface area contributed by atoms with E-state index >= 15 is 0 Å². The molecule has 0 saturated carbocycles. The van der Waals surface area contributed by atoms with Gasteiger partial charge >= 0.3 is 0 Å². The van der Waals surface area contributed by atoms with Gasteiger partial charge in [-0.1, -0.05) is 13.0 Å². The molecule has 0 aliphatic carbocycles. The van der Waals surface area contributed by atoms with E-state index in [0.717, 1.165) is 6.42 Å². The molecule has 0 spiro atoms. The van der Waals surface area contributed by atoms with Crippen molar-refractivity contribution in [3.05, 3.63) is 24.3 Å². The van der Waals surface area contributed by atoms with Crippen LogP contribution < -0.4 is 11.1 Å². The monoisotopic (exact) mass is 222 g/mol. The number of ether oxygens (including phenoxy) is 1. The first-order chi connectivity index (χ1) is 7.61. The molecule has 0 saturated heterocycles. The third kappa shape index (κ3) is 4.31. The molecular weight excluding hydrogens is 204 g/mol. The molecule has 88 valence electrons. The Morgan fingerprint density at radius 1 is 1.56 bits per heavy atom. The van der Waals surface area contributed by atoms with Gasteiger partial charge < -0.3 is 15.8 Å².